The highest BCUT2D eigenvalue weighted by atomic mass is 19.4. The van der Waals surface area contributed by atoms with Crippen LogP contribution in [0.2, 0.25) is 0 Å². The number of carbonyl (C=O) groups is 3. The lowest BCUT2D eigenvalue weighted by Crippen LogP contribution is -2.28. The van der Waals surface area contributed by atoms with E-state index in [2.05, 4.69) is 33.0 Å². The number of pyridine rings is 1. The van der Waals surface area contributed by atoms with Crippen LogP contribution in [0.4, 0.5) is 39.5 Å². The molecule has 10 nitrogen and oxygen atoms in total. The number of aliphatic carboxylic acids is 3. The van der Waals surface area contributed by atoms with E-state index in [0.29, 0.717) is 0 Å². The summed E-state index contributed by atoms with van der Waals surface area (Å²) in [5.74, 6) is -5.57. The Labute approximate surface area is 230 Å². The van der Waals surface area contributed by atoms with E-state index in [-0.39, 0.29) is 0 Å². The Morgan fingerprint density at radius 2 is 1.12 bits per heavy atom. The summed E-state index contributed by atoms with van der Waals surface area (Å²) in [6, 6.07) is 10.2. The van der Waals surface area contributed by atoms with E-state index < -0.39 is 36.4 Å². The quantitative estimate of drug-likeness (QED) is 0.424. The molecule has 4 heterocycles. The molecule has 3 N–H and O–H groups in total. The number of hydrogen-bond donors (Lipinski definition) is 3. The first kappa shape index (κ1) is 36.2. The third-order valence-corrected chi connectivity index (χ3v) is 5.44. The number of nitrogens with zero attached hydrogens (tertiary/aromatic N) is 3. The van der Waals surface area contributed by atoms with Crippen LogP contribution in [0.15, 0.2) is 47.2 Å². The van der Waals surface area contributed by atoms with Crippen molar-refractivity contribution < 1.29 is 73.6 Å². The first-order valence-corrected chi connectivity index (χ1v) is 11.5. The second-order valence-electron chi connectivity index (χ2n) is 8.72. The van der Waals surface area contributed by atoms with Crippen LogP contribution >= 0.6 is 0 Å². The summed E-state index contributed by atoms with van der Waals surface area (Å²) in [5, 5.41) is 21.4. The fourth-order valence-electron chi connectivity index (χ4n) is 3.79. The van der Waals surface area contributed by atoms with Crippen molar-refractivity contribution >= 4 is 17.9 Å². The van der Waals surface area contributed by atoms with Gasteiger partial charge in [-0.05, 0) is 36.1 Å². The predicted molar refractivity (Wildman–Crippen MR) is 122 cm³/mol. The predicted octanol–water partition coefficient (Wildman–Crippen LogP) is 4.14. The van der Waals surface area contributed by atoms with Gasteiger partial charge in [-0.15, -0.1) is 0 Å². The van der Waals surface area contributed by atoms with Gasteiger partial charge >= 0.3 is 36.4 Å². The maximum Gasteiger partial charge on any atom is 0.490 e. The van der Waals surface area contributed by atoms with E-state index in [4.69, 9.17) is 34.1 Å². The summed E-state index contributed by atoms with van der Waals surface area (Å²) < 4.78 is 101. The molecule has 0 aliphatic carbocycles. The van der Waals surface area contributed by atoms with E-state index in [9.17, 15) is 39.5 Å². The van der Waals surface area contributed by atoms with E-state index in [1.54, 1.807) is 6.26 Å². The first-order chi connectivity index (χ1) is 19.2. The molecule has 2 aromatic heterocycles. The molecule has 0 aromatic carbocycles. The zero-order valence-electron chi connectivity index (χ0n) is 21.2. The summed E-state index contributed by atoms with van der Waals surface area (Å²) in [7, 11) is 0. The number of carboxylic acids is 3. The number of carboxylic acid groups (broad SMARTS) is 3. The van der Waals surface area contributed by atoms with Crippen molar-refractivity contribution in [2.45, 2.75) is 31.6 Å². The topological polar surface area (TPSA) is 144 Å². The molecule has 2 aromatic rings. The van der Waals surface area contributed by atoms with Gasteiger partial charge in [0.25, 0.3) is 0 Å². The number of hydrogen-bond acceptors (Lipinski definition) is 7. The van der Waals surface area contributed by atoms with Crippen LogP contribution in [0.3, 0.4) is 0 Å². The van der Waals surface area contributed by atoms with E-state index in [1.807, 2.05) is 18.3 Å². The molecule has 2 unspecified atom stereocenters. The summed E-state index contributed by atoms with van der Waals surface area (Å²) >= 11 is 0. The molecule has 2 aliphatic rings. The SMILES string of the molecule is O=C(O)C(F)(F)F.O=C(O)C(F)(F)F.O=C(O)C(F)(F)F.c1ccc(CN2CC3CN(Cc4ccco4)CC3C2)nc1. The fourth-order valence-corrected chi connectivity index (χ4v) is 3.79. The van der Waals surface area contributed by atoms with Crippen molar-refractivity contribution in [2.75, 3.05) is 26.2 Å². The van der Waals surface area contributed by atoms with Crippen LogP contribution in [0.5, 0.6) is 0 Å². The number of halogens is 9. The number of furan rings is 1. The minimum absolute atomic E-state index is 0.809. The lowest BCUT2D eigenvalue weighted by Gasteiger charge is -2.20. The molecule has 0 radical (unpaired) electrons. The van der Waals surface area contributed by atoms with Gasteiger partial charge in [0.05, 0.1) is 18.5 Å². The van der Waals surface area contributed by atoms with Crippen molar-refractivity contribution in [2.24, 2.45) is 11.8 Å². The molecule has 19 heteroatoms. The molecule has 0 amide bonds. The van der Waals surface area contributed by atoms with Gasteiger partial charge in [0.2, 0.25) is 0 Å². The number of aromatic nitrogens is 1. The van der Waals surface area contributed by atoms with Crippen molar-refractivity contribution in [1.29, 1.82) is 0 Å². The van der Waals surface area contributed by atoms with Crippen molar-refractivity contribution in [3.05, 3.63) is 54.2 Å². The van der Waals surface area contributed by atoms with Crippen LogP contribution in [0.1, 0.15) is 11.5 Å². The number of likely N-dealkylation sites (tertiary alicyclic amines) is 2. The third kappa shape index (κ3) is 13.7. The number of rotatable bonds is 4. The first-order valence-electron chi connectivity index (χ1n) is 11.5. The van der Waals surface area contributed by atoms with E-state index in [0.717, 1.165) is 30.7 Å². The zero-order valence-corrected chi connectivity index (χ0v) is 21.2. The normalized spacial score (nSPS) is 18.8. The minimum atomic E-state index is -5.08. The largest absolute Gasteiger partial charge is 0.490 e. The van der Waals surface area contributed by atoms with Gasteiger partial charge in [-0.25, -0.2) is 14.4 Å². The Hall–Kier alpha value is -3.87. The van der Waals surface area contributed by atoms with E-state index in [1.165, 1.54) is 31.9 Å². The molecule has 0 bridgehead atoms. The second-order valence-corrected chi connectivity index (χ2v) is 8.72. The molecular formula is C23H24F9N3O7. The van der Waals surface area contributed by atoms with Gasteiger partial charge in [-0.2, -0.15) is 39.5 Å². The van der Waals surface area contributed by atoms with Crippen molar-refractivity contribution in [1.82, 2.24) is 14.8 Å². The second kappa shape index (κ2) is 15.4. The lowest BCUT2D eigenvalue weighted by atomic mass is 10.0. The van der Waals surface area contributed by atoms with Gasteiger partial charge in [-0.1, -0.05) is 6.07 Å². The monoisotopic (exact) mass is 625 g/mol. The Morgan fingerprint density at radius 3 is 1.43 bits per heavy atom. The van der Waals surface area contributed by atoms with Crippen LogP contribution in [0, 0.1) is 11.8 Å². The molecule has 0 saturated carbocycles. The fraction of sp³-hybridized carbons (Fsp3) is 0.478. The van der Waals surface area contributed by atoms with Gasteiger partial charge in [0.1, 0.15) is 5.76 Å². The van der Waals surface area contributed by atoms with Gasteiger partial charge in [0.15, 0.2) is 0 Å². The number of fused-ring (bicyclic) bond motifs is 1. The molecule has 2 fully saturated rings. The molecule has 2 aliphatic heterocycles. The Morgan fingerprint density at radius 1 is 0.714 bits per heavy atom. The Balaban J connectivity index is 0.000000348. The molecule has 42 heavy (non-hydrogen) atoms. The molecule has 2 saturated heterocycles. The maximum absolute atomic E-state index is 10.6. The molecular weight excluding hydrogens is 601 g/mol. The van der Waals surface area contributed by atoms with Gasteiger partial charge in [-0.3, -0.25) is 14.8 Å². The van der Waals surface area contributed by atoms with Crippen molar-refractivity contribution in [3.63, 3.8) is 0 Å². The van der Waals surface area contributed by atoms with Crippen LogP contribution in [-0.4, -0.2) is 92.7 Å². The average molecular weight is 625 g/mol. The summed E-state index contributed by atoms with van der Waals surface area (Å²) in [6.07, 6.45) is -11.6. The zero-order chi connectivity index (χ0) is 32.3. The van der Waals surface area contributed by atoms with Crippen molar-refractivity contribution in [3.8, 4) is 0 Å². The minimum Gasteiger partial charge on any atom is -0.475 e. The molecule has 0 spiro atoms. The molecule has 4 rings (SSSR count). The summed E-state index contributed by atoms with van der Waals surface area (Å²) in [4.78, 5) is 36.2. The number of alkyl halides is 9. The van der Waals surface area contributed by atoms with Crippen LogP contribution in [0.25, 0.3) is 0 Å². The van der Waals surface area contributed by atoms with Gasteiger partial charge in [0, 0.05) is 38.9 Å². The highest BCUT2D eigenvalue weighted by Crippen LogP contribution is 2.32. The summed E-state index contributed by atoms with van der Waals surface area (Å²) in [5.41, 5.74) is 1.19. The lowest BCUT2D eigenvalue weighted by molar-refractivity contribution is -0.193. The molecule has 2 atom stereocenters. The van der Waals surface area contributed by atoms with Gasteiger partial charge < -0.3 is 19.7 Å². The average Bonchev–Trinajstić information content (AvgIpc) is 3.57. The Bertz CT molecular complexity index is 1050. The standard InChI is InChI=1S/C17H21N3O.3C2HF3O2/c1-2-6-18-16(4-1)12-19-8-14-10-20(11-15(14)9-19)13-17-5-3-7-21-17;3*3-2(4,5)1(6)7/h1-7,14-15H,8-13H2;3*(H,6,7). The third-order valence-electron chi connectivity index (χ3n) is 5.44. The Kier molecular flexibility index (Phi) is 13.2. The van der Waals surface area contributed by atoms with Crippen LogP contribution < -0.4 is 0 Å². The molecule has 236 valence electrons. The highest BCUT2D eigenvalue weighted by Gasteiger charge is 2.41. The maximum atomic E-state index is 10.6. The van der Waals surface area contributed by atoms with Crippen LogP contribution in [-0.2, 0) is 27.5 Å². The highest BCUT2D eigenvalue weighted by molar-refractivity contribution is 5.73. The smallest absolute Gasteiger partial charge is 0.475 e. The summed E-state index contributed by atoms with van der Waals surface area (Å²) in [6.45, 7) is 6.76. The van der Waals surface area contributed by atoms with E-state index >= 15 is 0 Å².